The Morgan fingerprint density at radius 1 is 1.28 bits per heavy atom. The van der Waals surface area contributed by atoms with E-state index in [1.807, 2.05) is 4.90 Å². The molecule has 1 aromatic carbocycles. The van der Waals surface area contributed by atoms with Crippen molar-refractivity contribution in [2.75, 3.05) is 24.5 Å². The van der Waals surface area contributed by atoms with Gasteiger partial charge in [-0.05, 0) is 37.9 Å². The fraction of sp³-hybridized carbons (Fsp3) is 0.571. The van der Waals surface area contributed by atoms with E-state index >= 15 is 0 Å². The summed E-state index contributed by atoms with van der Waals surface area (Å²) < 4.78 is 26.5. The summed E-state index contributed by atoms with van der Waals surface area (Å²) in [6.45, 7) is 4.83. The van der Waals surface area contributed by atoms with Crippen LogP contribution in [0.3, 0.4) is 0 Å². The van der Waals surface area contributed by atoms with Gasteiger partial charge in [0.15, 0.2) is 0 Å². The Hall–Kier alpha value is -1.16. The lowest BCUT2D eigenvalue weighted by molar-refractivity contribution is 0.413. The van der Waals surface area contributed by atoms with Gasteiger partial charge in [-0.3, -0.25) is 0 Å². The van der Waals surface area contributed by atoms with E-state index in [9.17, 15) is 8.78 Å². The Morgan fingerprint density at radius 3 is 2.61 bits per heavy atom. The van der Waals surface area contributed by atoms with Crippen LogP contribution in [-0.2, 0) is 0 Å². The number of benzene rings is 1. The van der Waals surface area contributed by atoms with Gasteiger partial charge in [-0.2, -0.15) is 0 Å². The minimum absolute atomic E-state index is 0.463. The Balaban J connectivity index is 1.93. The summed E-state index contributed by atoms with van der Waals surface area (Å²) in [5.41, 5.74) is 0.519. The molecule has 1 aliphatic heterocycles. The molecular formula is C14H20F2N2. The lowest BCUT2D eigenvalue weighted by atomic mass is 10.0. The van der Waals surface area contributed by atoms with E-state index in [4.69, 9.17) is 0 Å². The standard InChI is InChI=1S/C14H20F2N2/c1-2-7-17-12-5-8-18(9-6-12)14-4-3-11(15)10-13(14)16/h3-4,10,12,17H,2,5-9H2,1H3. The molecule has 0 atom stereocenters. The van der Waals surface area contributed by atoms with E-state index in [1.54, 1.807) is 0 Å². The van der Waals surface area contributed by atoms with Crippen LogP contribution < -0.4 is 10.2 Å². The largest absolute Gasteiger partial charge is 0.369 e. The highest BCUT2D eigenvalue weighted by atomic mass is 19.1. The van der Waals surface area contributed by atoms with Crippen LogP contribution in [0.4, 0.5) is 14.5 Å². The Bertz CT molecular complexity index is 387. The van der Waals surface area contributed by atoms with Crippen molar-refractivity contribution in [3.63, 3.8) is 0 Å². The van der Waals surface area contributed by atoms with Crippen molar-refractivity contribution in [3.8, 4) is 0 Å². The van der Waals surface area contributed by atoms with Gasteiger partial charge in [-0.15, -0.1) is 0 Å². The second-order valence-electron chi connectivity index (χ2n) is 4.81. The van der Waals surface area contributed by atoms with Crippen LogP contribution in [0.25, 0.3) is 0 Å². The summed E-state index contributed by atoms with van der Waals surface area (Å²) in [5.74, 6) is -0.981. The van der Waals surface area contributed by atoms with Gasteiger partial charge in [-0.1, -0.05) is 6.92 Å². The van der Waals surface area contributed by atoms with Crippen molar-refractivity contribution in [3.05, 3.63) is 29.8 Å². The normalized spacial score (nSPS) is 17.2. The lowest BCUT2D eigenvalue weighted by Crippen LogP contribution is -2.43. The molecule has 0 spiro atoms. The molecule has 2 nitrogen and oxygen atoms in total. The summed E-state index contributed by atoms with van der Waals surface area (Å²) in [7, 11) is 0. The third kappa shape index (κ3) is 3.19. The van der Waals surface area contributed by atoms with Gasteiger partial charge < -0.3 is 10.2 Å². The minimum atomic E-state index is -0.518. The summed E-state index contributed by atoms with van der Waals surface area (Å²) in [6, 6.07) is 4.34. The number of nitrogens with one attached hydrogen (secondary N) is 1. The highest BCUT2D eigenvalue weighted by Gasteiger charge is 2.20. The molecule has 100 valence electrons. The first kappa shape index (κ1) is 13.3. The molecule has 1 aromatic rings. The summed E-state index contributed by atoms with van der Waals surface area (Å²) in [5, 5.41) is 3.49. The topological polar surface area (TPSA) is 15.3 Å². The van der Waals surface area contributed by atoms with Gasteiger partial charge in [0.25, 0.3) is 0 Å². The molecule has 0 bridgehead atoms. The zero-order valence-corrected chi connectivity index (χ0v) is 10.8. The van der Waals surface area contributed by atoms with Gasteiger partial charge in [0.2, 0.25) is 0 Å². The first-order valence-corrected chi connectivity index (χ1v) is 6.64. The van der Waals surface area contributed by atoms with E-state index in [2.05, 4.69) is 12.2 Å². The third-order valence-electron chi connectivity index (χ3n) is 3.43. The first-order chi connectivity index (χ1) is 8.70. The molecule has 0 aromatic heterocycles. The molecule has 18 heavy (non-hydrogen) atoms. The zero-order valence-electron chi connectivity index (χ0n) is 10.8. The summed E-state index contributed by atoms with van der Waals surface area (Å²) in [4.78, 5) is 2.00. The highest BCUT2D eigenvalue weighted by molar-refractivity contribution is 5.48. The molecule has 0 saturated carbocycles. The van der Waals surface area contributed by atoms with Crippen LogP contribution in [0.15, 0.2) is 18.2 Å². The molecule has 0 unspecified atom stereocenters. The number of nitrogens with zero attached hydrogens (tertiary/aromatic N) is 1. The van der Waals surface area contributed by atoms with Crippen LogP contribution >= 0.6 is 0 Å². The molecule has 2 rings (SSSR count). The second-order valence-corrected chi connectivity index (χ2v) is 4.81. The zero-order chi connectivity index (χ0) is 13.0. The molecule has 1 saturated heterocycles. The smallest absolute Gasteiger partial charge is 0.149 e. The van der Waals surface area contributed by atoms with Crippen molar-refractivity contribution in [2.24, 2.45) is 0 Å². The number of piperidine rings is 1. The molecule has 4 heteroatoms. The predicted molar refractivity (Wildman–Crippen MR) is 69.9 cm³/mol. The van der Waals surface area contributed by atoms with Crippen molar-refractivity contribution in [1.29, 1.82) is 0 Å². The molecule has 0 aliphatic carbocycles. The second kappa shape index (κ2) is 6.14. The van der Waals surface area contributed by atoms with Gasteiger partial charge >= 0.3 is 0 Å². The van der Waals surface area contributed by atoms with Crippen molar-refractivity contribution in [1.82, 2.24) is 5.32 Å². The van der Waals surface area contributed by atoms with E-state index in [-0.39, 0.29) is 0 Å². The molecular weight excluding hydrogens is 234 g/mol. The van der Waals surface area contributed by atoms with Gasteiger partial charge in [-0.25, -0.2) is 8.78 Å². The number of hydrogen-bond acceptors (Lipinski definition) is 2. The SMILES string of the molecule is CCCNC1CCN(c2ccc(F)cc2F)CC1. The first-order valence-electron chi connectivity index (χ1n) is 6.64. The number of anilines is 1. The molecule has 1 fully saturated rings. The molecule has 0 amide bonds. The summed E-state index contributed by atoms with van der Waals surface area (Å²) in [6.07, 6.45) is 3.15. The average molecular weight is 254 g/mol. The Kier molecular flexibility index (Phi) is 4.53. The van der Waals surface area contributed by atoms with E-state index in [0.717, 1.165) is 45.0 Å². The van der Waals surface area contributed by atoms with Crippen molar-refractivity contribution < 1.29 is 8.78 Å². The predicted octanol–water partition coefficient (Wildman–Crippen LogP) is 2.93. The maximum atomic E-state index is 13.6. The van der Waals surface area contributed by atoms with E-state index in [0.29, 0.717) is 11.7 Å². The summed E-state index contributed by atoms with van der Waals surface area (Å²) >= 11 is 0. The number of rotatable bonds is 4. The maximum absolute atomic E-state index is 13.6. The van der Waals surface area contributed by atoms with Crippen LogP contribution in [-0.4, -0.2) is 25.7 Å². The average Bonchev–Trinajstić information content (AvgIpc) is 2.37. The Morgan fingerprint density at radius 2 is 2.00 bits per heavy atom. The minimum Gasteiger partial charge on any atom is -0.369 e. The Labute approximate surface area is 107 Å². The lowest BCUT2D eigenvalue weighted by Gasteiger charge is -2.34. The highest BCUT2D eigenvalue weighted by Crippen LogP contribution is 2.23. The molecule has 1 heterocycles. The van der Waals surface area contributed by atoms with Crippen LogP contribution in [0.5, 0.6) is 0 Å². The quantitative estimate of drug-likeness (QED) is 0.888. The van der Waals surface area contributed by atoms with Crippen molar-refractivity contribution in [2.45, 2.75) is 32.2 Å². The third-order valence-corrected chi connectivity index (χ3v) is 3.43. The van der Waals surface area contributed by atoms with Crippen LogP contribution in [0, 0.1) is 11.6 Å². The van der Waals surface area contributed by atoms with Gasteiger partial charge in [0.05, 0.1) is 5.69 Å². The number of hydrogen-bond donors (Lipinski definition) is 1. The van der Waals surface area contributed by atoms with Crippen LogP contribution in [0.2, 0.25) is 0 Å². The number of halogens is 2. The van der Waals surface area contributed by atoms with E-state index < -0.39 is 11.6 Å². The molecule has 1 aliphatic rings. The molecule has 1 N–H and O–H groups in total. The van der Waals surface area contributed by atoms with Crippen molar-refractivity contribution >= 4 is 5.69 Å². The van der Waals surface area contributed by atoms with E-state index in [1.165, 1.54) is 12.1 Å². The van der Waals surface area contributed by atoms with Crippen LogP contribution in [0.1, 0.15) is 26.2 Å². The fourth-order valence-electron chi connectivity index (χ4n) is 2.41. The molecule has 0 radical (unpaired) electrons. The fourth-order valence-corrected chi connectivity index (χ4v) is 2.41. The van der Waals surface area contributed by atoms with Gasteiger partial charge in [0, 0.05) is 25.2 Å². The monoisotopic (exact) mass is 254 g/mol. The maximum Gasteiger partial charge on any atom is 0.149 e. The van der Waals surface area contributed by atoms with Gasteiger partial charge in [0.1, 0.15) is 11.6 Å².